The van der Waals surface area contributed by atoms with Crippen LogP contribution < -0.4 is 5.32 Å². The highest BCUT2D eigenvalue weighted by Crippen LogP contribution is 2.28. The second-order valence-electron chi connectivity index (χ2n) is 7.05. The molecule has 1 aliphatic carbocycles. The Morgan fingerprint density at radius 2 is 1.84 bits per heavy atom. The van der Waals surface area contributed by atoms with Crippen LogP contribution in [0.25, 0.3) is 0 Å². The molecule has 1 aliphatic rings. The number of unbranched alkanes of at least 4 members (excludes halogenated alkanes) is 1. The first kappa shape index (κ1) is 24.9. The smallest absolute Gasteiger partial charge is 0.193 e. The summed E-state index contributed by atoms with van der Waals surface area (Å²) in [4.78, 5) is 7.10. The number of nitrogens with zero attached hydrogens (tertiary/aromatic N) is 2. The fourth-order valence-electron chi connectivity index (χ4n) is 3.20. The average molecular weight is 469 g/mol. The van der Waals surface area contributed by atoms with Gasteiger partial charge in [0.25, 0.3) is 0 Å². The van der Waals surface area contributed by atoms with Crippen molar-refractivity contribution in [1.82, 2.24) is 10.2 Å². The van der Waals surface area contributed by atoms with E-state index in [0.717, 1.165) is 56.9 Å². The van der Waals surface area contributed by atoms with Crippen LogP contribution in [0.4, 0.5) is 0 Å². The second-order valence-corrected chi connectivity index (χ2v) is 7.05. The lowest BCUT2D eigenvalue weighted by Gasteiger charge is -2.31. The normalized spacial score (nSPS) is 20.9. The molecule has 0 saturated heterocycles. The Balaban J connectivity index is 0.00000576. The molecule has 0 spiro atoms. The first-order valence-corrected chi connectivity index (χ1v) is 9.73. The van der Waals surface area contributed by atoms with Crippen molar-refractivity contribution in [3.63, 3.8) is 0 Å². The quantitative estimate of drug-likeness (QED) is 0.217. The van der Waals surface area contributed by atoms with Crippen LogP contribution in [0.1, 0.15) is 52.4 Å². The molecule has 1 rings (SSSR count). The first-order valence-electron chi connectivity index (χ1n) is 9.73. The molecule has 0 bridgehead atoms. The van der Waals surface area contributed by atoms with E-state index in [1.165, 1.54) is 25.7 Å². The minimum Gasteiger partial charge on any atom is -0.382 e. The topological polar surface area (TPSA) is 46.1 Å². The molecule has 0 atom stereocenters. The largest absolute Gasteiger partial charge is 0.382 e. The van der Waals surface area contributed by atoms with Crippen molar-refractivity contribution in [2.75, 3.05) is 53.6 Å². The van der Waals surface area contributed by atoms with E-state index in [1.54, 1.807) is 7.11 Å². The molecular formula is C19H40IN3O2. The van der Waals surface area contributed by atoms with Crippen LogP contribution in [0, 0.1) is 11.8 Å². The van der Waals surface area contributed by atoms with Gasteiger partial charge in [0.15, 0.2) is 5.96 Å². The monoisotopic (exact) mass is 469 g/mol. The van der Waals surface area contributed by atoms with Crippen molar-refractivity contribution in [2.24, 2.45) is 16.8 Å². The Bertz CT molecular complexity index is 335. The molecule has 0 aromatic carbocycles. The molecule has 0 aromatic heterocycles. The zero-order valence-electron chi connectivity index (χ0n) is 16.8. The highest BCUT2D eigenvalue weighted by molar-refractivity contribution is 14.0. The number of hydrogen-bond donors (Lipinski definition) is 1. The van der Waals surface area contributed by atoms with Gasteiger partial charge in [-0.15, -0.1) is 24.0 Å². The summed E-state index contributed by atoms with van der Waals surface area (Å²) in [6.45, 7) is 9.58. The SMILES string of the molecule is CCNC(=NCCCCOCCOC)N(C)CC1CCC(C)CC1.I. The molecule has 0 aromatic rings. The third-order valence-corrected chi connectivity index (χ3v) is 4.75. The maximum Gasteiger partial charge on any atom is 0.193 e. The van der Waals surface area contributed by atoms with Gasteiger partial charge in [-0.3, -0.25) is 4.99 Å². The van der Waals surface area contributed by atoms with Crippen LogP contribution in [-0.2, 0) is 9.47 Å². The van der Waals surface area contributed by atoms with E-state index in [4.69, 9.17) is 14.5 Å². The summed E-state index contributed by atoms with van der Waals surface area (Å²) in [5.41, 5.74) is 0. The van der Waals surface area contributed by atoms with Gasteiger partial charge in [-0.05, 0) is 44.4 Å². The van der Waals surface area contributed by atoms with Crippen LogP contribution in [0.15, 0.2) is 4.99 Å². The molecule has 0 radical (unpaired) electrons. The van der Waals surface area contributed by atoms with Gasteiger partial charge in [0.2, 0.25) is 0 Å². The summed E-state index contributed by atoms with van der Waals surface area (Å²) in [6, 6.07) is 0. The lowest BCUT2D eigenvalue weighted by atomic mass is 9.83. The number of aliphatic imine (C=N–C) groups is 1. The van der Waals surface area contributed by atoms with Crippen molar-refractivity contribution >= 4 is 29.9 Å². The molecule has 0 amide bonds. The van der Waals surface area contributed by atoms with Crippen molar-refractivity contribution < 1.29 is 9.47 Å². The number of guanidine groups is 1. The van der Waals surface area contributed by atoms with Crippen LogP contribution in [-0.4, -0.2) is 64.5 Å². The van der Waals surface area contributed by atoms with Crippen molar-refractivity contribution in [2.45, 2.75) is 52.4 Å². The maximum absolute atomic E-state index is 5.49. The molecule has 5 nitrogen and oxygen atoms in total. The van der Waals surface area contributed by atoms with Crippen molar-refractivity contribution in [1.29, 1.82) is 0 Å². The Labute approximate surface area is 172 Å². The van der Waals surface area contributed by atoms with Crippen LogP contribution >= 0.6 is 24.0 Å². The van der Waals surface area contributed by atoms with Gasteiger partial charge in [-0.1, -0.05) is 19.8 Å². The van der Waals surface area contributed by atoms with E-state index in [-0.39, 0.29) is 24.0 Å². The zero-order valence-corrected chi connectivity index (χ0v) is 19.1. The number of ether oxygens (including phenoxy) is 2. The summed E-state index contributed by atoms with van der Waals surface area (Å²) >= 11 is 0. The average Bonchev–Trinajstić information content (AvgIpc) is 2.58. The predicted octanol–water partition coefficient (Wildman–Crippen LogP) is 3.77. The Morgan fingerprint density at radius 3 is 2.48 bits per heavy atom. The number of halogens is 1. The summed E-state index contributed by atoms with van der Waals surface area (Å²) in [5, 5.41) is 3.43. The number of rotatable bonds is 11. The Kier molecular flexibility index (Phi) is 16.1. The van der Waals surface area contributed by atoms with Gasteiger partial charge in [-0.25, -0.2) is 0 Å². The highest BCUT2D eigenvalue weighted by Gasteiger charge is 2.20. The number of nitrogens with one attached hydrogen (secondary N) is 1. The van der Waals surface area contributed by atoms with Crippen LogP contribution in [0.2, 0.25) is 0 Å². The van der Waals surface area contributed by atoms with Gasteiger partial charge >= 0.3 is 0 Å². The maximum atomic E-state index is 5.49. The molecule has 0 aliphatic heterocycles. The van der Waals surface area contributed by atoms with Crippen LogP contribution in [0.3, 0.4) is 0 Å². The molecule has 6 heteroatoms. The number of hydrogen-bond acceptors (Lipinski definition) is 3. The lowest BCUT2D eigenvalue weighted by molar-refractivity contribution is 0.0690. The summed E-state index contributed by atoms with van der Waals surface area (Å²) < 4.78 is 10.4. The lowest BCUT2D eigenvalue weighted by Crippen LogP contribution is -2.42. The second kappa shape index (κ2) is 16.1. The predicted molar refractivity (Wildman–Crippen MR) is 117 cm³/mol. The van der Waals surface area contributed by atoms with E-state index in [1.807, 2.05) is 0 Å². The van der Waals surface area contributed by atoms with E-state index < -0.39 is 0 Å². The van der Waals surface area contributed by atoms with Gasteiger partial charge in [0, 0.05) is 40.4 Å². The van der Waals surface area contributed by atoms with E-state index in [0.29, 0.717) is 13.2 Å². The minimum absolute atomic E-state index is 0. The third-order valence-electron chi connectivity index (χ3n) is 4.75. The molecule has 0 heterocycles. The van der Waals surface area contributed by atoms with Crippen LogP contribution in [0.5, 0.6) is 0 Å². The summed E-state index contributed by atoms with van der Waals surface area (Å²) in [6.07, 6.45) is 7.62. The highest BCUT2D eigenvalue weighted by atomic mass is 127. The molecule has 1 fully saturated rings. The third kappa shape index (κ3) is 12.0. The van der Waals surface area contributed by atoms with Crippen molar-refractivity contribution in [3.05, 3.63) is 0 Å². The van der Waals surface area contributed by atoms with Gasteiger partial charge in [-0.2, -0.15) is 0 Å². The first-order chi connectivity index (χ1) is 11.7. The molecule has 25 heavy (non-hydrogen) atoms. The molecule has 1 saturated carbocycles. The minimum atomic E-state index is 0. The van der Waals surface area contributed by atoms with Gasteiger partial charge < -0.3 is 19.7 Å². The Morgan fingerprint density at radius 1 is 1.12 bits per heavy atom. The number of methoxy groups -OCH3 is 1. The molecular weight excluding hydrogens is 429 g/mol. The van der Waals surface area contributed by atoms with Gasteiger partial charge in [0.05, 0.1) is 13.2 Å². The Hall–Kier alpha value is -0.0800. The molecule has 150 valence electrons. The van der Waals surface area contributed by atoms with E-state index in [9.17, 15) is 0 Å². The summed E-state index contributed by atoms with van der Waals surface area (Å²) in [7, 11) is 3.87. The van der Waals surface area contributed by atoms with E-state index in [2.05, 4.69) is 31.1 Å². The molecule has 1 N–H and O–H groups in total. The van der Waals surface area contributed by atoms with E-state index >= 15 is 0 Å². The fourth-order valence-corrected chi connectivity index (χ4v) is 3.20. The summed E-state index contributed by atoms with van der Waals surface area (Å²) in [5.74, 6) is 2.79. The fraction of sp³-hybridized carbons (Fsp3) is 0.947. The zero-order chi connectivity index (χ0) is 17.6. The van der Waals surface area contributed by atoms with Gasteiger partial charge in [0.1, 0.15) is 0 Å². The standard InChI is InChI=1S/C19H39N3O2.HI/c1-5-20-19(21-12-6-7-13-24-15-14-23-4)22(3)16-18-10-8-17(2)9-11-18;/h17-18H,5-16H2,1-4H3,(H,20,21);1H. The van der Waals surface area contributed by atoms with Crippen molar-refractivity contribution in [3.8, 4) is 0 Å². The molecule has 0 unspecified atom stereocenters.